The Balaban J connectivity index is 1.62. The lowest BCUT2D eigenvalue weighted by Gasteiger charge is -2.20. The Morgan fingerprint density at radius 3 is 2.47 bits per heavy atom. The highest BCUT2D eigenvalue weighted by molar-refractivity contribution is 7.80. The van der Waals surface area contributed by atoms with Crippen LogP contribution in [0, 0.1) is 5.92 Å². The summed E-state index contributed by atoms with van der Waals surface area (Å²) in [5, 5.41) is 5.87. The van der Waals surface area contributed by atoms with Gasteiger partial charge in [0.25, 0.3) is 11.8 Å². The van der Waals surface area contributed by atoms with Gasteiger partial charge in [-0.2, -0.15) is 0 Å². The summed E-state index contributed by atoms with van der Waals surface area (Å²) in [7, 11) is 0. The molecule has 0 unspecified atom stereocenters. The molecule has 3 rings (SSSR count). The van der Waals surface area contributed by atoms with Gasteiger partial charge in [0.2, 0.25) is 0 Å². The van der Waals surface area contributed by atoms with Gasteiger partial charge in [0.15, 0.2) is 5.11 Å². The number of para-hydroxylation sites is 1. The second-order valence-corrected chi connectivity index (χ2v) is 8.80. The summed E-state index contributed by atoms with van der Waals surface area (Å²) in [5.74, 6) is 0.546. The fourth-order valence-corrected chi connectivity index (χ4v) is 3.77. The zero-order valence-electron chi connectivity index (χ0n) is 18.7. The summed E-state index contributed by atoms with van der Waals surface area (Å²) >= 11 is 5.33. The van der Waals surface area contributed by atoms with Crippen molar-refractivity contribution in [1.29, 1.82) is 0 Å². The fourth-order valence-electron chi connectivity index (χ4n) is 3.56. The fraction of sp³-hybridized carbons (Fsp3) is 0.400. The summed E-state index contributed by atoms with van der Waals surface area (Å²) in [5.41, 5.74) is 1.68. The maximum atomic E-state index is 12.9. The minimum Gasteiger partial charge on any atom is -0.492 e. The Hall–Kier alpha value is -2.93. The Morgan fingerprint density at radius 1 is 1.03 bits per heavy atom. The number of hydrogen-bond acceptors (Lipinski definition) is 4. The molecule has 2 aromatic rings. The molecule has 0 atom stereocenters. The molecule has 6 nitrogen and oxygen atoms in total. The first kappa shape index (κ1) is 23.7. The molecule has 2 aromatic carbocycles. The number of benzene rings is 2. The van der Waals surface area contributed by atoms with Crippen LogP contribution in [-0.4, -0.2) is 41.5 Å². The zero-order chi connectivity index (χ0) is 22.9. The van der Waals surface area contributed by atoms with Crippen molar-refractivity contribution in [3.63, 3.8) is 0 Å². The molecular formula is C25H31N3O3S. The number of nitrogens with one attached hydrogen (secondary N) is 2. The molecule has 2 amide bonds. The van der Waals surface area contributed by atoms with E-state index in [0.717, 1.165) is 25.9 Å². The number of carbonyl (C=O) groups is 2. The Bertz CT molecular complexity index is 953. The quantitative estimate of drug-likeness (QED) is 0.611. The van der Waals surface area contributed by atoms with Crippen molar-refractivity contribution in [2.45, 2.75) is 39.5 Å². The van der Waals surface area contributed by atoms with Crippen molar-refractivity contribution in [2.75, 3.05) is 25.0 Å². The lowest BCUT2D eigenvalue weighted by molar-refractivity contribution is 0.0761. The van der Waals surface area contributed by atoms with Crippen molar-refractivity contribution >= 4 is 34.8 Å². The maximum Gasteiger partial charge on any atom is 0.261 e. The van der Waals surface area contributed by atoms with Gasteiger partial charge in [-0.15, -0.1) is 0 Å². The van der Waals surface area contributed by atoms with Gasteiger partial charge in [0.1, 0.15) is 5.75 Å². The Morgan fingerprint density at radius 2 is 1.75 bits per heavy atom. The van der Waals surface area contributed by atoms with Crippen LogP contribution in [-0.2, 0) is 0 Å². The topological polar surface area (TPSA) is 70.7 Å². The summed E-state index contributed by atoms with van der Waals surface area (Å²) in [4.78, 5) is 27.5. The van der Waals surface area contributed by atoms with E-state index in [1.807, 2.05) is 43.0 Å². The average molecular weight is 454 g/mol. The van der Waals surface area contributed by atoms with Crippen molar-refractivity contribution in [1.82, 2.24) is 10.2 Å². The van der Waals surface area contributed by atoms with Crippen LogP contribution in [0.5, 0.6) is 5.75 Å². The lowest BCUT2D eigenvalue weighted by atomic mass is 10.1. The standard InChI is InChI=1S/C25H31N3O3S/c1-18(2)17-31-22-13-6-5-12-21(22)23(29)27-25(32)26-20-11-9-10-19(16-20)24(30)28-14-7-3-4-8-15-28/h5-6,9-13,16,18H,3-4,7-8,14-15,17H2,1-2H3,(H2,26,27,29,32). The smallest absolute Gasteiger partial charge is 0.261 e. The van der Waals surface area contributed by atoms with E-state index in [1.54, 1.807) is 24.3 Å². The number of carbonyl (C=O) groups excluding carboxylic acids is 2. The number of nitrogens with zero attached hydrogens (tertiary/aromatic N) is 1. The van der Waals surface area contributed by atoms with E-state index in [1.165, 1.54) is 12.8 Å². The van der Waals surface area contributed by atoms with Crippen LogP contribution in [0.1, 0.15) is 60.2 Å². The molecule has 7 heteroatoms. The SMILES string of the molecule is CC(C)COc1ccccc1C(=O)NC(=S)Nc1cccc(C(=O)N2CCCCCC2)c1. The molecule has 1 saturated heterocycles. The van der Waals surface area contributed by atoms with Gasteiger partial charge < -0.3 is 15.0 Å². The predicted octanol–water partition coefficient (Wildman–Crippen LogP) is 4.86. The normalized spacial score (nSPS) is 13.9. The van der Waals surface area contributed by atoms with Crippen molar-refractivity contribution in [2.24, 2.45) is 5.92 Å². The molecule has 1 aliphatic heterocycles. The Labute approximate surface area is 195 Å². The van der Waals surface area contributed by atoms with Crippen LogP contribution in [0.2, 0.25) is 0 Å². The van der Waals surface area contributed by atoms with Crippen molar-refractivity contribution in [3.05, 3.63) is 59.7 Å². The molecule has 0 saturated carbocycles. The second kappa shape index (κ2) is 11.6. The number of thiocarbonyl (C=S) groups is 1. The zero-order valence-corrected chi connectivity index (χ0v) is 19.5. The number of ether oxygens (including phenoxy) is 1. The van der Waals surface area contributed by atoms with Gasteiger partial charge in [0.05, 0.1) is 12.2 Å². The highest BCUT2D eigenvalue weighted by atomic mass is 32.1. The van der Waals surface area contributed by atoms with Crippen molar-refractivity contribution < 1.29 is 14.3 Å². The first-order valence-corrected chi connectivity index (χ1v) is 11.6. The molecule has 2 N–H and O–H groups in total. The van der Waals surface area contributed by atoms with E-state index in [-0.39, 0.29) is 16.9 Å². The number of likely N-dealkylation sites (tertiary alicyclic amines) is 1. The average Bonchev–Trinajstić information content (AvgIpc) is 3.07. The van der Waals surface area contributed by atoms with Gasteiger partial charge in [0, 0.05) is 24.3 Å². The van der Waals surface area contributed by atoms with Crippen LogP contribution in [0.4, 0.5) is 5.69 Å². The number of anilines is 1. The van der Waals surface area contributed by atoms with E-state index in [4.69, 9.17) is 17.0 Å². The van der Waals surface area contributed by atoms with Crippen molar-refractivity contribution in [3.8, 4) is 5.75 Å². The third-order valence-corrected chi connectivity index (χ3v) is 5.40. The van der Waals surface area contributed by atoms with Crippen LogP contribution >= 0.6 is 12.2 Å². The van der Waals surface area contributed by atoms with E-state index >= 15 is 0 Å². The van der Waals surface area contributed by atoms with Crippen LogP contribution in [0.15, 0.2) is 48.5 Å². The van der Waals surface area contributed by atoms with E-state index in [9.17, 15) is 9.59 Å². The summed E-state index contributed by atoms with van der Waals surface area (Å²) in [6, 6.07) is 14.3. The molecule has 0 bridgehead atoms. The predicted molar refractivity (Wildman–Crippen MR) is 131 cm³/mol. The summed E-state index contributed by atoms with van der Waals surface area (Å²) < 4.78 is 5.76. The minimum atomic E-state index is -0.348. The third-order valence-electron chi connectivity index (χ3n) is 5.19. The molecule has 1 fully saturated rings. The number of rotatable bonds is 6. The largest absolute Gasteiger partial charge is 0.492 e. The molecule has 0 aromatic heterocycles. The van der Waals surface area contributed by atoms with Gasteiger partial charge in [-0.3, -0.25) is 14.9 Å². The highest BCUT2D eigenvalue weighted by Gasteiger charge is 2.18. The molecule has 1 heterocycles. The van der Waals surface area contributed by atoms with Crippen LogP contribution < -0.4 is 15.4 Å². The van der Waals surface area contributed by atoms with Gasteiger partial charge in [-0.05, 0) is 61.3 Å². The van der Waals surface area contributed by atoms with Gasteiger partial charge in [-0.1, -0.05) is 44.9 Å². The second-order valence-electron chi connectivity index (χ2n) is 8.40. The van der Waals surface area contributed by atoms with Gasteiger partial charge >= 0.3 is 0 Å². The van der Waals surface area contributed by atoms with Gasteiger partial charge in [-0.25, -0.2) is 0 Å². The van der Waals surface area contributed by atoms with E-state index in [2.05, 4.69) is 10.6 Å². The highest BCUT2D eigenvalue weighted by Crippen LogP contribution is 2.19. The molecule has 0 aliphatic carbocycles. The van der Waals surface area contributed by atoms with E-state index in [0.29, 0.717) is 35.1 Å². The Kier molecular flexibility index (Phi) is 8.62. The molecule has 0 spiro atoms. The minimum absolute atomic E-state index is 0.0294. The molecule has 170 valence electrons. The summed E-state index contributed by atoms with van der Waals surface area (Å²) in [6.07, 6.45) is 4.43. The first-order valence-electron chi connectivity index (χ1n) is 11.2. The first-order chi connectivity index (χ1) is 15.4. The third kappa shape index (κ3) is 6.79. The summed E-state index contributed by atoms with van der Waals surface area (Å²) in [6.45, 7) is 6.21. The lowest BCUT2D eigenvalue weighted by Crippen LogP contribution is -2.34. The molecule has 1 aliphatic rings. The van der Waals surface area contributed by atoms with Crippen LogP contribution in [0.25, 0.3) is 0 Å². The molecular weight excluding hydrogens is 422 g/mol. The van der Waals surface area contributed by atoms with E-state index < -0.39 is 0 Å². The van der Waals surface area contributed by atoms with Crippen LogP contribution in [0.3, 0.4) is 0 Å². The molecule has 32 heavy (non-hydrogen) atoms. The molecule has 0 radical (unpaired) electrons. The number of hydrogen-bond donors (Lipinski definition) is 2. The number of amides is 2. The maximum absolute atomic E-state index is 12.9. The monoisotopic (exact) mass is 453 g/mol.